The number of hydrogen-bond acceptors (Lipinski definition) is 3. The zero-order valence-corrected chi connectivity index (χ0v) is 15.4. The normalized spacial score (nSPS) is 15.4. The van der Waals surface area contributed by atoms with Crippen LogP contribution in [0.1, 0.15) is 24.0 Å². The number of amides is 1. The fourth-order valence-corrected chi connectivity index (χ4v) is 3.37. The van der Waals surface area contributed by atoms with Gasteiger partial charge in [-0.3, -0.25) is 9.78 Å². The van der Waals surface area contributed by atoms with Gasteiger partial charge in [-0.25, -0.2) is 0 Å². The Hall–Kier alpha value is -1.62. The average Bonchev–Trinajstić information content (AvgIpc) is 3.16. The average molecular weight is 378 g/mol. The van der Waals surface area contributed by atoms with Gasteiger partial charge in [0.25, 0.3) is 0 Å². The molecule has 6 heteroatoms. The van der Waals surface area contributed by atoms with Crippen molar-refractivity contribution in [1.82, 2.24) is 15.2 Å². The highest BCUT2D eigenvalue weighted by Crippen LogP contribution is 2.22. The Labute approximate surface area is 158 Å². The summed E-state index contributed by atoms with van der Waals surface area (Å²) in [5.41, 5.74) is 2.09. The summed E-state index contributed by atoms with van der Waals surface area (Å²) in [5.74, 6) is 0.161. The SMILES string of the molecule is O=C([C@@H](Cc1ccncc1)NCc1ccc(Cl)c(Cl)c1)N1CCCC1. The van der Waals surface area contributed by atoms with Gasteiger partial charge in [-0.1, -0.05) is 29.3 Å². The van der Waals surface area contributed by atoms with E-state index in [1.165, 1.54) is 0 Å². The lowest BCUT2D eigenvalue weighted by Gasteiger charge is -2.24. The van der Waals surface area contributed by atoms with E-state index >= 15 is 0 Å². The van der Waals surface area contributed by atoms with Gasteiger partial charge in [0.2, 0.25) is 5.91 Å². The number of benzene rings is 1. The summed E-state index contributed by atoms with van der Waals surface area (Å²) in [7, 11) is 0. The van der Waals surface area contributed by atoms with Gasteiger partial charge >= 0.3 is 0 Å². The molecule has 1 N–H and O–H groups in total. The van der Waals surface area contributed by atoms with E-state index < -0.39 is 0 Å². The summed E-state index contributed by atoms with van der Waals surface area (Å²) in [6.45, 7) is 2.26. The molecule has 0 radical (unpaired) electrons. The molecule has 0 unspecified atom stereocenters. The fraction of sp³-hybridized carbons (Fsp3) is 0.368. The molecule has 0 aliphatic carbocycles. The van der Waals surface area contributed by atoms with Crippen molar-refractivity contribution in [3.8, 4) is 0 Å². The first-order chi connectivity index (χ1) is 12.1. The quantitative estimate of drug-likeness (QED) is 0.834. The minimum atomic E-state index is -0.269. The maximum atomic E-state index is 12.9. The molecule has 1 amide bonds. The molecule has 1 fully saturated rings. The van der Waals surface area contributed by atoms with E-state index in [2.05, 4.69) is 10.3 Å². The van der Waals surface area contributed by atoms with E-state index in [0.717, 1.165) is 37.1 Å². The minimum Gasteiger partial charge on any atom is -0.341 e. The molecule has 3 rings (SSSR count). The summed E-state index contributed by atoms with van der Waals surface area (Å²) in [6.07, 6.45) is 6.32. The predicted molar refractivity (Wildman–Crippen MR) is 101 cm³/mol. The van der Waals surface area contributed by atoms with Gasteiger partial charge in [0.15, 0.2) is 0 Å². The third-order valence-electron chi connectivity index (χ3n) is 4.44. The lowest BCUT2D eigenvalue weighted by Crippen LogP contribution is -2.46. The Morgan fingerprint density at radius 2 is 1.80 bits per heavy atom. The number of nitrogens with one attached hydrogen (secondary N) is 1. The van der Waals surface area contributed by atoms with Crippen LogP contribution in [-0.4, -0.2) is 34.9 Å². The van der Waals surface area contributed by atoms with E-state index in [9.17, 15) is 4.79 Å². The molecule has 1 saturated heterocycles. The van der Waals surface area contributed by atoms with Crippen LogP contribution < -0.4 is 5.32 Å². The summed E-state index contributed by atoms with van der Waals surface area (Å²) in [6, 6.07) is 9.16. The smallest absolute Gasteiger partial charge is 0.240 e. The molecule has 132 valence electrons. The highest BCUT2D eigenvalue weighted by atomic mass is 35.5. The number of pyridine rings is 1. The van der Waals surface area contributed by atoms with Crippen molar-refractivity contribution in [3.63, 3.8) is 0 Å². The topological polar surface area (TPSA) is 45.2 Å². The molecule has 2 aromatic rings. The Kier molecular flexibility index (Phi) is 6.29. The van der Waals surface area contributed by atoms with Crippen LogP contribution in [0.5, 0.6) is 0 Å². The van der Waals surface area contributed by atoms with Crippen molar-refractivity contribution in [2.45, 2.75) is 31.8 Å². The van der Waals surface area contributed by atoms with Crippen molar-refractivity contribution in [2.24, 2.45) is 0 Å². The number of rotatable bonds is 6. The standard InChI is InChI=1S/C19H21Cl2N3O/c20-16-4-3-15(11-17(16)21)13-23-18(12-14-5-7-22-8-6-14)19(25)24-9-1-2-10-24/h3-8,11,18,23H,1-2,9-10,12-13H2/t18-/m1/s1. The number of aromatic nitrogens is 1. The Bertz CT molecular complexity index is 718. The Balaban J connectivity index is 1.70. The van der Waals surface area contributed by atoms with E-state index in [-0.39, 0.29) is 11.9 Å². The molecule has 1 aromatic heterocycles. The van der Waals surface area contributed by atoms with Gasteiger partial charge in [0.05, 0.1) is 16.1 Å². The maximum absolute atomic E-state index is 12.9. The molecule has 0 spiro atoms. The van der Waals surface area contributed by atoms with Crippen LogP contribution in [0.15, 0.2) is 42.7 Å². The number of carbonyl (C=O) groups excluding carboxylic acids is 1. The predicted octanol–water partition coefficient (Wildman–Crippen LogP) is 3.71. The van der Waals surface area contributed by atoms with Crippen molar-refractivity contribution >= 4 is 29.1 Å². The van der Waals surface area contributed by atoms with Gasteiger partial charge in [-0.2, -0.15) is 0 Å². The minimum absolute atomic E-state index is 0.161. The highest BCUT2D eigenvalue weighted by molar-refractivity contribution is 6.42. The summed E-state index contributed by atoms with van der Waals surface area (Å²) in [4.78, 5) is 18.9. The highest BCUT2D eigenvalue weighted by Gasteiger charge is 2.26. The van der Waals surface area contributed by atoms with Crippen LogP contribution in [0.2, 0.25) is 10.0 Å². The lowest BCUT2D eigenvalue weighted by molar-refractivity contribution is -0.132. The molecular weight excluding hydrogens is 357 g/mol. The number of nitrogens with zero attached hydrogens (tertiary/aromatic N) is 2. The van der Waals surface area contributed by atoms with Crippen LogP contribution >= 0.6 is 23.2 Å². The number of carbonyl (C=O) groups is 1. The van der Waals surface area contributed by atoms with Crippen LogP contribution in [0.25, 0.3) is 0 Å². The molecule has 2 heterocycles. The van der Waals surface area contributed by atoms with Gasteiger partial charge in [-0.15, -0.1) is 0 Å². The van der Waals surface area contributed by atoms with Gasteiger partial charge in [0, 0.05) is 32.0 Å². The first-order valence-electron chi connectivity index (χ1n) is 8.48. The first kappa shape index (κ1) is 18.2. The van der Waals surface area contributed by atoms with E-state index in [1.807, 2.05) is 29.2 Å². The summed E-state index contributed by atoms with van der Waals surface area (Å²) >= 11 is 12.1. The largest absolute Gasteiger partial charge is 0.341 e. The van der Waals surface area contributed by atoms with Crippen LogP contribution in [0, 0.1) is 0 Å². The lowest BCUT2D eigenvalue weighted by atomic mass is 10.1. The molecule has 1 aliphatic rings. The van der Waals surface area contributed by atoms with Gasteiger partial charge < -0.3 is 10.2 Å². The number of likely N-dealkylation sites (tertiary alicyclic amines) is 1. The second-order valence-electron chi connectivity index (χ2n) is 6.27. The molecule has 1 atom stereocenters. The molecule has 1 aromatic carbocycles. The first-order valence-corrected chi connectivity index (χ1v) is 9.24. The zero-order chi connectivity index (χ0) is 17.6. The summed E-state index contributed by atoms with van der Waals surface area (Å²) in [5, 5.41) is 4.45. The van der Waals surface area contributed by atoms with Crippen molar-refractivity contribution < 1.29 is 4.79 Å². The van der Waals surface area contributed by atoms with Gasteiger partial charge in [0.1, 0.15) is 0 Å². The van der Waals surface area contributed by atoms with E-state index in [1.54, 1.807) is 18.5 Å². The van der Waals surface area contributed by atoms with Crippen LogP contribution in [0.3, 0.4) is 0 Å². The van der Waals surface area contributed by atoms with Crippen LogP contribution in [-0.2, 0) is 17.8 Å². The van der Waals surface area contributed by atoms with Crippen molar-refractivity contribution in [3.05, 3.63) is 63.9 Å². The maximum Gasteiger partial charge on any atom is 0.240 e. The third-order valence-corrected chi connectivity index (χ3v) is 5.18. The summed E-state index contributed by atoms with van der Waals surface area (Å²) < 4.78 is 0. The second-order valence-corrected chi connectivity index (χ2v) is 7.09. The van der Waals surface area contributed by atoms with Crippen LogP contribution in [0.4, 0.5) is 0 Å². The monoisotopic (exact) mass is 377 g/mol. The van der Waals surface area contributed by atoms with Crippen molar-refractivity contribution in [2.75, 3.05) is 13.1 Å². The molecular formula is C19H21Cl2N3O. The Morgan fingerprint density at radius 1 is 1.08 bits per heavy atom. The third kappa shape index (κ3) is 4.94. The molecule has 4 nitrogen and oxygen atoms in total. The van der Waals surface area contributed by atoms with E-state index in [4.69, 9.17) is 23.2 Å². The molecule has 1 aliphatic heterocycles. The zero-order valence-electron chi connectivity index (χ0n) is 13.9. The van der Waals surface area contributed by atoms with Crippen molar-refractivity contribution in [1.29, 1.82) is 0 Å². The fourth-order valence-electron chi connectivity index (χ4n) is 3.05. The number of hydrogen-bond donors (Lipinski definition) is 1. The van der Waals surface area contributed by atoms with E-state index in [0.29, 0.717) is 23.0 Å². The molecule has 0 saturated carbocycles. The Morgan fingerprint density at radius 3 is 2.48 bits per heavy atom. The molecule has 0 bridgehead atoms. The molecule has 25 heavy (non-hydrogen) atoms. The number of halogens is 2. The second kappa shape index (κ2) is 8.65. The van der Waals surface area contributed by atoms with Gasteiger partial charge in [-0.05, 0) is 54.7 Å².